The summed E-state index contributed by atoms with van der Waals surface area (Å²) in [5.41, 5.74) is 2.23. The van der Waals surface area contributed by atoms with Gasteiger partial charge in [-0.05, 0) is 48.4 Å². The van der Waals surface area contributed by atoms with Crippen LogP contribution in [0.3, 0.4) is 0 Å². The van der Waals surface area contributed by atoms with E-state index in [9.17, 15) is 4.39 Å². The SMILES string of the molecule is COc1cc(F)ccc1NC1CCCc2sccc21. The van der Waals surface area contributed by atoms with Gasteiger partial charge < -0.3 is 10.1 Å². The molecule has 1 aromatic carbocycles. The highest BCUT2D eigenvalue weighted by atomic mass is 32.1. The fourth-order valence-electron chi connectivity index (χ4n) is 2.61. The summed E-state index contributed by atoms with van der Waals surface area (Å²) in [6, 6.07) is 7.11. The van der Waals surface area contributed by atoms with E-state index in [0.29, 0.717) is 11.8 Å². The number of hydrogen-bond donors (Lipinski definition) is 1. The summed E-state index contributed by atoms with van der Waals surface area (Å²) < 4.78 is 18.4. The zero-order valence-corrected chi connectivity index (χ0v) is 11.6. The fourth-order valence-corrected chi connectivity index (χ4v) is 3.60. The lowest BCUT2D eigenvalue weighted by atomic mass is 9.94. The van der Waals surface area contributed by atoms with Crippen LogP contribution in [0.4, 0.5) is 10.1 Å². The highest BCUT2D eigenvalue weighted by molar-refractivity contribution is 7.10. The third-order valence-corrected chi connectivity index (χ3v) is 4.54. The van der Waals surface area contributed by atoms with E-state index >= 15 is 0 Å². The molecule has 4 heteroatoms. The average Bonchev–Trinajstić information content (AvgIpc) is 2.90. The molecule has 1 aromatic heterocycles. The van der Waals surface area contributed by atoms with Gasteiger partial charge in [0.05, 0.1) is 18.8 Å². The normalized spacial score (nSPS) is 17.9. The first-order valence-corrected chi connectivity index (χ1v) is 7.32. The Morgan fingerprint density at radius 3 is 3.11 bits per heavy atom. The molecule has 1 atom stereocenters. The quantitative estimate of drug-likeness (QED) is 0.898. The van der Waals surface area contributed by atoms with Gasteiger partial charge in [-0.25, -0.2) is 4.39 Å². The topological polar surface area (TPSA) is 21.3 Å². The lowest BCUT2D eigenvalue weighted by molar-refractivity contribution is 0.412. The van der Waals surface area contributed by atoms with E-state index in [2.05, 4.69) is 16.8 Å². The number of ether oxygens (including phenoxy) is 1. The van der Waals surface area contributed by atoms with Crippen molar-refractivity contribution >= 4 is 17.0 Å². The van der Waals surface area contributed by atoms with Gasteiger partial charge in [0, 0.05) is 10.9 Å². The number of rotatable bonds is 3. The molecule has 2 nitrogen and oxygen atoms in total. The van der Waals surface area contributed by atoms with E-state index in [1.165, 1.54) is 35.4 Å². The molecule has 2 aromatic rings. The first-order valence-electron chi connectivity index (χ1n) is 6.44. The summed E-state index contributed by atoms with van der Waals surface area (Å²) in [6.07, 6.45) is 3.46. The number of halogens is 1. The minimum Gasteiger partial charge on any atom is -0.494 e. The van der Waals surface area contributed by atoms with Crippen LogP contribution in [0.15, 0.2) is 29.6 Å². The van der Waals surface area contributed by atoms with Crippen molar-refractivity contribution in [3.05, 3.63) is 45.9 Å². The van der Waals surface area contributed by atoms with Crippen molar-refractivity contribution < 1.29 is 9.13 Å². The zero-order chi connectivity index (χ0) is 13.2. The molecule has 19 heavy (non-hydrogen) atoms. The first-order chi connectivity index (χ1) is 9.28. The maximum atomic E-state index is 13.2. The molecule has 0 saturated carbocycles. The molecule has 3 rings (SSSR count). The van der Waals surface area contributed by atoms with Gasteiger partial charge in [-0.3, -0.25) is 0 Å². The minimum atomic E-state index is -0.276. The maximum absolute atomic E-state index is 13.2. The summed E-state index contributed by atoms with van der Waals surface area (Å²) in [5.74, 6) is 0.282. The van der Waals surface area contributed by atoms with Crippen molar-refractivity contribution in [2.45, 2.75) is 25.3 Å². The molecular weight excluding hydrogens is 261 g/mol. The Hall–Kier alpha value is -1.55. The summed E-state index contributed by atoms with van der Waals surface area (Å²) in [4.78, 5) is 1.46. The average molecular weight is 277 g/mol. The molecule has 0 amide bonds. The number of anilines is 1. The van der Waals surface area contributed by atoms with Crippen molar-refractivity contribution in [1.82, 2.24) is 0 Å². The van der Waals surface area contributed by atoms with Crippen molar-refractivity contribution in [3.63, 3.8) is 0 Å². The van der Waals surface area contributed by atoms with Crippen LogP contribution in [-0.2, 0) is 6.42 Å². The van der Waals surface area contributed by atoms with E-state index in [4.69, 9.17) is 4.74 Å². The maximum Gasteiger partial charge on any atom is 0.144 e. The third-order valence-electron chi connectivity index (χ3n) is 3.55. The summed E-state index contributed by atoms with van der Waals surface area (Å²) in [7, 11) is 1.57. The van der Waals surface area contributed by atoms with Gasteiger partial charge in [-0.2, -0.15) is 0 Å². The highest BCUT2D eigenvalue weighted by Gasteiger charge is 2.21. The number of methoxy groups -OCH3 is 1. The monoisotopic (exact) mass is 277 g/mol. The molecule has 1 N–H and O–H groups in total. The van der Waals surface area contributed by atoms with Gasteiger partial charge >= 0.3 is 0 Å². The number of fused-ring (bicyclic) bond motifs is 1. The van der Waals surface area contributed by atoms with Crippen molar-refractivity contribution in [1.29, 1.82) is 0 Å². The summed E-state index contributed by atoms with van der Waals surface area (Å²) in [5, 5.41) is 5.63. The molecular formula is C15H16FNOS. The lowest BCUT2D eigenvalue weighted by Crippen LogP contribution is -2.16. The smallest absolute Gasteiger partial charge is 0.144 e. The van der Waals surface area contributed by atoms with E-state index < -0.39 is 0 Å². The van der Waals surface area contributed by atoms with Crippen LogP contribution in [-0.4, -0.2) is 7.11 Å². The van der Waals surface area contributed by atoms with Crippen LogP contribution in [0, 0.1) is 5.82 Å². The predicted octanol–water partition coefficient (Wildman–Crippen LogP) is 4.39. The van der Waals surface area contributed by atoms with Gasteiger partial charge in [0.25, 0.3) is 0 Å². The van der Waals surface area contributed by atoms with Crippen molar-refractivity contribution in [2.75, 3.05) is 12.4 Å². The van der Waals surface area contributed by atoms with Crippen LogP contribution in [0.2, 0.25) is 0 Å². The second kappa shape index (κ2) is 5.21. The van der Waals surface area contributed by atoms with E-state index in [1.54, 1.807) is 13.2 Å². The van der Waals surface area contributed by atoms with Crippen LogP contribution >= 0.6 is 11.3 Å². The molecule has 1 aliphatic rings. The highest BCUT2D eigenvalue weighted by Crippen LogP contribution is 2.37. The summed E-state index contributed by atoms with van der Waals surface area (Å²) >= 11 is 1.82. The number of hydrogen-bond acceptors (Lipinski definition) is 3. The van der Waals surface area contributed by atoms with Gasteiger partial charge in [-0.1, -0.05) is 0 Å². The largest absolute Gasteiger partial charge is 0.494 e. The van der Waals surface area contributed by atoms with E-state index in [1.807, 2.05) is 11.3 Å². The Morgan fingerprint density at radius 1 is 1.37 bits per heavy atom. The summed E-state index contributed by atoms with van der Waals surface area (Å²) in [6.45, 7) is 0. The van der Waals surface area contributed by atoms with E-state index in [0.717, 1.165) is 12.1 Å². The van der Waals surface area contributed by atoms with Gasteiger partial charge in [-0.15, -0.1) is 11.3 Å². The molecule has 1 heterocycles. The van der Waals surface area contributed by atoms with E-state index in [-0.39, 0.29) is 5.82 Å². The second-order valence-electron chi connectivity index (χ2n) is 4.73. The molecule has 0 fully saturated rings. The van der Waals surface area contributed by atoms with Crippen LogP contribution in [0.5, 0.6) is 5.75 Å². The lowest BCUT2D eigenvalue weighted by Gasteiger charge is -2.25. The van der Waals surface area contributed by atoms with Crippen LogP contribution in [0.25, 0.3) is 0 Å². The Balaban J connectivity index is 1.87. The zero-order valence-electron chi connectivity index (χ0n) is 10.8. The molecule has 1 unspecified atom stereocenters. The Kier molecular flexibility index (Phi) is 3.42. The van der Waals surface area contributed by atoms with Crippen molar-refractivity contribution in [3.8, 4) is 5.75 Å². The van der Waals surface area contributed by atoms with Crippen LogP contribution < -0.4 is 10.1 Å². The number of nitrogens with one attached hydrogen (secondary N) is 1. The third kappa shape index (κ3) is 2.45. The Bertz CT molecular complexity index is 581. The van der Waals surface area contributed by atoms with Crippen LogP contribution in [0.1, 0.15) is 29.3 Å². The molecule has 0 bridgehead atoms. The Morgan fingerprint density at radius 2 is 2.26 bits per heavy atom. The van der Waals surface area contributed by atoms with Gasteiger partial charge in [0.1, 0.15) is 11.6 Å². The fraction of sp³-hybridized carbons (Fsp3) is 0.333. The molecule has 0 aliphatic heterocycles. The molecule has 0 radical (unpaired) electrons. The standard InChI is InChI=1S/C15H16FNOS/c1-18-14-9-10(16)5-6-13(14)17-12-3-2-4-15-11(12)7-8-19-15/h5-9,12,17H,2-4H2,1H3. The molecule has 0 spiro atoms. The molecule has 1 aliphatic carbocycles. The number of thiophene rings is 1. The molecule has 100 valence electrons. The number of aryl methyl sites for hydroxylation is 1. The first kappa shape index (κ1) is 12.5. The number of benzene rings is 1. The Labute approximate surface area is 116 Å². The molecule has 0 saturated heterocycles. The van der Waals surface area contributed by atoms with Crippen molar-refractivity contribution in [2.24, 2.45) is 0 Å². The van der Waals surface area contributed by atoms with Gasteiger partial charge in [0.2, 0.25) is 0 Å². The predicted molar refractivity (Wildman–Crippen MR) is 76.6 cm³/mol. The minimum absolute atomic E-state index is 0.276. The second-order valence-corrected chi connectivity index (χ2v) is 5.73. The van der Waals surface area contributed by atoms with Gasteiger partial charge in [0.15, 0.2) is 0 Å².